The number of nitrogens with zero attached hydrogens (tertiary/aromatic N) is 1. The summed E-state index contributed by atoms with van der Waals surface area (Å²) < 4.78 is 5.55. The summed E-state index contributed by atoms with van der Waals surface area (Å²) in [7, 11) is 1.71. The fourth-order valence-electron chi connectivity index (χ4n) is 1.93. The Balaban J connectivity index is 1.68. The van der Waals surface area contributed by atoms with Gasteiger partial charge >= 0.3 is 0 Å². The van der Waals surface area contributed by atoms with Crippen molar-refractivity contribution in [2.75, 3.05) is 20.2 Å². The summed E-state index contributed by atoms with van der Waals surface area (Å²) in [6.45, 7) is 0.859. The van der Waals surface area contributed by atoms with Gasteiger partial charge in [-0.2, -0.15) is 0 Å². The molecule has 23 heavy (non-hydrogen) atoms. The predicted octanol–water partition coefficient (Wildman–Crippen LogP) is 3.90. The number of likely N-dealkylation sites (N-methyl/N-ethyl adjacent to an activating group) is 1. The second-order valence-electron chi connectivity index (χ2n) is 5.02. The molecule has 0 atom stereocenters. The molecule has 0 aliphatic rings. The molecule has 6 heteroatoms. The van der Waals surface area contributed by atoms with Gasteiger partial charge in [0.1, 0.15) is 12.4 Å². The van der Waals surface area contributed by atoms with Crippen LogP contribution in [0.2, 0.25) is 5.02 Å². The minimum atomic E-state index is -0.0605. The lowest BCUT2D eigenvalue weighted by atomic mass is 10.2. The van der Waals surface area contributed by atoms with Gasteiger partial charge in [-0.3, -0.25) is 9.59 Å². The van der Waals surface area contributed by atoms with E-state index in [0.29, 0.717) is 28.8 Å². The summed E-state index contributed by atoms with van der Waals surface area (Å²) in [5.41, 5.74) is 0. The molecule has 0 N–H and O–H groups in total. The maximum absolute atomic E-state index is 12.0. The second kappa shape index (κ2) is 8.70. The Morgan fingerprint density at radius 2 is 1.91 bits per heavy atom. The first-order valence-corrected chi connectivity index (χ1v) is 8.51. The molecule has 0 saturated carbocycles. The summed E-state index contributed by atoms with van der Waals surface area (Å²) in [6.07, 6.45) is 0.454. The van der Waals surface area contributed by atoms with Gasteiger partial charge in [0.25, 0.3) is 0 Å². The molecular weight excluding hydrogens is 334 g/mol. The standard InChI is InChI=1S/C17H18ClNO3S/c1-19(10-11-22-14-6-4-13(18)5-7-14)17(21)9-8-15(20)16-3-2-12-23-16/h2-7,12H,8-11H2,1H3. The zero-order valence-electron chi connectivity index (χ0n) is 12.8. The van der Waals surface area contributed by atoms with E-state index in [0.717, 1.165) is 0 Å². The normalized spacial score (nSPS) is 10.3. The van der Waals surface area contributed by atoms with Crippen molar-refractivity contribution in [2.45, 2.75) is 12.8 Å². The molecular formula is C17H18ClNO3S. The highest BCUT2D eigenvalue weighted by atomic mass is 35.5. The van der Waals surface area contributed by atoms with Gasteiger partial charge in [-0.1, -0.05) is 17.7 Å². The number of thiophene rings is 1. The van der Waals surface area contributed by atoms with Crippen LogP contribution in [0.5, 0.6) is 5.75 Å². The fourth-order valence-corrected chi connectivity index (χ4v) is 2.75. The van der Waals surface area contributed by atoms with Crippen molar-refractivity contribution in [2.24, 2.45) is 0 Å². The lowest BCUT2D eigenvalue weighted by Crippen LogP contribution is -2.31. The van der Waals surface area contributed by atoms with Gasteiger partial charge in [0.2, 0.25) is 5.91 Å². The molecule has 0 bridgehead atoms. The molecule has 0 aliphatic carbocycles. The zero-order chi connectivity index (χ0) is 16.7. The van der Waals surface area contributed by atoms with Crippen molar-refractivity contribution >= 4 is 34.6 Å². The van der Waals surface area contributed by atoms with E-state index < -0.39 is 0 Å². The summed E-state index contributed by atoms with van der Waals surface area (Å²) in [6, 6.07) is 10.7. The third-order valence-electron chi connectivity index (χ3n) is 3.30. The van der Waals surface area contributed by atoms with E-state index in [-0.39, 0.29) is 24.5 Å². The number of hydrogen-bond acceptors (Lipinski definition) is 4. The number of ketones is 1. The monoisotopic (exact) mass is 351 g/mol. The molecule has 2 rings (SSSR count). The van der Waals surface area contributed by atoms with E-state index in [4.69, 9.17) is 16.3 Å². The number of hydrogen-bond donors (Lipinski definition) is 0. The molecule has 1 aromatic carbocycles. The molecule has 0 radical (unpaired) electrons. The highest BCUT2D eigenvalue weighted by Gasteiger charge is 2.13. The Kier molecular flexibility index (Phi) is 6.62. The molecule has 1 amide bonds. The van der Waals surface area contributed by atoms with Crippen LogP contribution >= 0.6 is 22.9 Å². The molecule has 0 fully saturated rings. The molecule has 4 nitrogen and oxygen atoms in total. The van der Waals surface area contributed by atoms with Gasteiger partial charge in [0.15, 0.2) is 5.78 Å². The topological polar surface area (TPSA) is 46.6 Å². The van der Waals surface area contributed by atoms with Crippen LogP contribution in [0.25, 0.3) is 0 Å². The van der Waals surface area contributed by atoms with E-state index >= 15 is 0 Å². The number of carbonyl (C=O) groups excluding carboxylic acids is 2. The highest BCUT2D eigenvalue weighted by Crippen LogP contribution is 2.15. The number of ether oxygens (including phenoxy) is 1. The van der Waals surface area contributed by atoms with Crippen molar-refractivity contribution in [3.63, 3.8) is 0 Å². The van der Waals surface area contributed by atoms with E-state index in [1.165, 1.54) is 11.3 Å². The molecule has 0 spiro atoms. The van der Waals surface area contributed by atoms with Gasteiger partial charge in [0, 0.05) is 24.9 Å². The Labute approximate surface area is 144 Å². The van der Waals surface area contributed by atoms with Crippen molar-refractivity contribution in [1.29, 1.82) is 0 Å². The maximum atomic E-state index is 12.0. The third kappa shape index (κ3) is 5.69. The van der Waals surface area contributed by atoms with E-state index in [2.05, 4.69) is 0 Å². The van der Waals surface area contributed by atoms with E-state index in [1.54, 1.807) is 42.3 Å². The number of carbonyl (C=O) groups is 2. The lowest BCUT2D eigenvalue weighted by Gasteiger charge is -2.17. The van der Waals surface area contributed by atoms with Crippen LogP contribution in [0.1, 0.15) is 22.5 Å². The van der Waals surface area contributed by atoms with Crippen LogP contribution < -0.4 is 4.74 Å². The van der Waals surface area contributed by atoms with E-state index in [9.17, 15) is 9.59 Å². The maximum Gasteiger partial charge on any atom is 0.222 e. The Hall–Kier alpha value is -1.85. The molecule has 0 unspecified atom stereocenters. The van der Waals surface area contributed by atoms with E-state index in [1.807, 2.05) is 11.4 Å². The van der Waals surface area contributed by atoms with Gasteiger partial charge in [-0.25, -0.2) is 0 Å². The van der Waals surface area contributed by atoms with Crippen molar-refractivity contribution in [3.8, 4) is 5.75 Å². The average molecular weight is 352 g/mol. The number of rotatable bonds is 8. The van der Waals surface area contributed by atoms with Crippen LogP contribution in [0.4, 0.5) is 0 Å². The quantitative estimate of drug-likeness (QED) is 0.677. The minimum absolute atomic E-state index is 0.0131. The van der Waals surface area contributed by atoms with Crippen molar-refractivity contribution in [1.82, 2.24) is 4.90 Å². The first kappa shape index (κ1) is 17.5. The minimum Gasteiger partial charge on any atom is -0.492 e. The van der Waals surface area contributed by atoms with Gasteiger partial charge in [-0.05, 0) is 35.7 Å². The van der Waals surface area contributed by atoms with Crippen LogP contribution in [0.3, 0.4) is 0 Å². The number of amides is 1. The third-order valence-corrected chi connectivity index (χ3v) is 4.46. The molecule has 1 aromatic heterocycles. The first-order valence-electron chi connectivity index (χ1n) is 7.25. The number of halogens is 1. The number of Topliss-reactive ketones (excluding diaryl/α,β-unsaturated/α-hetero) is 1. The van der Waals surface area contributed by atoms with Gasteiger partial charge in [0.05, 0.1) is 11.4 Å². The van der Waals surface area contributed by atoms with Crippen LogP contribution in [0.15, 0.2) is 41.8 Å². The largest absolute Gasteiger partial charge is 0.492 e. The van der Waals surface area contributed by atoms with Gasteiger partial charge in [-0.15, -0.1) is 11.3 Å². The molecule has 2 aromatic rings. The summed E-state index contributed by atoms with van der Waals surface area (Å²) in [5, 5.41) is 2.51. The Morgan fingerprint density at radius 3 is 2.57 bits per heavy atom. The Bertz CT molecular complexity index is 640. The molecule has 0 aliphatic heterocycles. The Morgan fingerprint density at radius 1 is 1.17 bits per heavy atom. The molecule has 0 saturated heterocycles. The van der Waals surface area contributed by atoms with Crippen molar-refractivity contribution in [3.05, 3.63) is 51.7 Å². The predicted molar refractivity (Wildman–Crippen MR) is 92.5 cm³/mol. The molecule has 122 valence electrons. The summed E-state index contributed by atoms with van der Waals surface area (Å²) in [4.78, 5) is 26.2. The second-order valence-corrected chi connectivity index (χ2v) is 6.40. The summed E-state index contributed by atoms with van der Waals surface area (Å²) in [5.74, 6) is 0.664. The summed E-state index contributed by atoms with van der Waals surface area (Å²) >= 11 is 7.20. The SMILES string of the molecule is CN(CCOc1ccc(Cl)cc1)C(=O)CCC(=O)c1cccs1. The lowest BCUT2D eigenvalue weighted by molar-refractivity contribution is -0.130. The van der Waals surface area contributed by atoms with Gasteiger partial charge < -0.3 is 9.64 Å². The van der Waals surface area contributed by atoms with Crippen LogP contribution in [-0.4, -0.2) is 36.8 Å². The fraction of sp³-hybridized carbons (Fsp3) is 0.294. The highest BCUT2D eigenvalue weighted by molar-refractivity contribution is 7.12. The first-order chi connectivity index (χ1) is 11.1. The zero-order valence-corrected chi connectivity index (χ0v) is 14.4. The smallest absolute Gasteiger partial charge is 0.222 e. The average Bonchev–Trinajstić information content (AvgIpc) is 3.08. The van der Waals surface area contributed by atoms with Crippen molar-refractivity contribution < 1.29 is 14.3 Å². The number of benzene rings is 1. The molecule has 1 heterocycles. The van der Waals surface area contributed by atoms with Crippen LogP contribution in [0, 0.1) is 0 Å². The van der Waals surface area contributed by atoms with Crippen LogP contribution in [-0.2, 0) is 4.79 Å².